The molecule has 3 rings (SSSR count). The van der Waals surface area contributed by atoms with Crippen LogP contribution in [0.1, 0.15) is 21.7 Å². The Balaban J connectivity index is 1.70. The Kier molecular flexibility index (Phi) is 5.18. The molecule has 0 atom stereocenters. The molecular formula is C17H18F2N4O2. The largest absolute Gasteiger partial charge is 0.378 e. The van der Waals surface area contributed by atoms with E-state index >= 15 is 0 Å². The topological polar surface area (TPSA) is 67.4 Å². The maximum Gasteiger partial charge on any atom is 0.254 e. The fourth-order valence-corrected chi connectivity index (χ4v) is 2.55. The van der Waals surface area contributed by atoms with Crippen LogP contribution in [-0.4, -0.2) is 42.2 Å². The number of halogens is 2. The van der Waals surface area contributed by atoms with E-state index in [2.05, 4.69) is 15.3 Å². The summed E-state index contributed by atoms with van der Waals surface area (Å²) in [5.74, 6) is -1.66. The van der Waals surface area contributed by atoms with Gasteiger partial charge in [0.1, 0.15) is 11.6 Å². The maximum atomic E-state index is 13.7. The maximum absolute atomic E-state index is 13.7. The van der Waals surface area contributed by atoms with Gasteiger partial charge >= 0.3 is 0 Å². The standard InChI is InChI=1S/C17H18F2N4O2/c1-11-8-13(22-17(21-11)23-4-6-25-7-5-23)10-20-16(24)14-3-2-12(18)9-15(14)19/h2-3,8-9H,4-7,10H2,1H3,(H,20,24). The zero-order chi connectivity index (χ0) is 17.8. The molecule has 1 aliphatic heterocycles. The molecule has 1 N–H and O–H groups in total. The van der Waals surface area contributed by atoms with Crippen LogP contribution in [0, 0.1) is 18.6 Å². The zero-order valence-electron chi connectivity index (χ0n) is 13.8. The van der Waals surface area contributed by atoms with E-state index in [1.165, 1.54) is 0 Å². The molecule has 0 spiro atoms. The number of aryl methyl sites for hydroxylation is 1. The van der Waals surface area contributed by atoms with E-state index < -0.39 is 17.5 Å². The molecule has 1 amide bonds. The smallest absolute Gasteiger partial charge is 0.254 e. The number of nitrogens with zero attached hydrogens (tertiary/aromatic N) is 3. The second-order valence-corrected chi connectivity index (χ2v) is 5.71. The van der Waals surface area contributed by atoms with Crippen LogP contribution in [-0.2, 0) is 11.3 Å². The molecule has 1 aliphatic rings. The number of morpholine rings is 1. The molecule has 2 heterocycles. The Bertz CT molecular complexity index is 779. The third-order valence-electron chi connectivity index (χ3n) is 3.80. The van der Waals surface area contributed by atoms with Crippen molar-refractivity contribution >= 4 is 11.9 Å². The van der Waals surface area contributed by atoms with Gasteiger partial charge in [0.25, 0.3) is 5.91 Å². The summed E-state index contributed by atoms with van der Waals surface area (Å²) in [4.78, 5) is 23.0. The molecule has 25 heavy (non-hydrogen) atoms. The fraction of sp³-hybridized carbons (Fsp3) is 0.353. The van der Waals surface area contributed by atoms with Gasteiger partial charge in [0.2, 0.25) is 5.95 Å². The molecule has 1 aromatic heterocycles. The highest BCUT2D eigenvalue weighted by molar-refractivity contribution is 5.94. The van der Waals surface area contributed by atoms with Crippen LogP contribution in [0.4, 0.5) is 14.7 Å². The molecule has 132 valence electrons. The molecule has 0 bridgehead atoms. The van der Waals surface area contributed by atoms with Gasteiger partial charge in [-0.1, -0.05) is 0 Å². The van der Waals surface area contributed by atoms with Gasteiger partial charge < -0.3 is 15.0 Å². The van der Waals surface area contributed by atoms with Gasteiger partial charge in [-0.15, -0.1) is 0 Å². The average molecular weight is 348 g/mol. The van der Waals surface area contributed by atoms with E-state index in [1.54, 1.807) is 6.07 Å². The summed E-state index contributed by atoms with van der Waals surface area (Å²) in [6, 6.07) is 4.60. The number of ether oxygens (including phenoxy) is 1. The summed E-state index contributed by atoms with van der Waals surface area (Å²) >= 11 is 0. The fourth-order valence-electron chi connectivity index (χ4n) is 2.55. The lowest BCUT2D eigenvalue weighted by Gasteiger charge is -2.27. The Labute approximate surface area is 143 Å². The van der Waals surface area contributed by atoms with E-state index in [-0.39, 0.29) is 12.1 Å². The van der Waals surface area contributed by atoms with Crippen molar-refractivity contribution in [2.75, 3.05) is 31.2 Å². The second kappa shape index (κ2) is 7.52. The first-order valence-electron chi connectivity index (χ1n) is 7.93. The van der Waals surface area contributed by atoms with E-state index in [4.69, 9.17) is 4.74 Å². The number of benzene rings is 1. The van der Waals surface area contributed by atoms with Crippen LogP contribution in [0.3, 0.4) is 0 Å². The quantitative estimate of drug-likeness (QED) is 0.913. The van der Waals surface area contributed by atoms with Crippen molar-refractivity contribution in [2.45, 2.75) is 13.5 Å². The first-order chi connectivity index (χ1) is 12.0. The minimum absolute atomic E-state index is 0.121. The number of amides is 1. The van der Waals surface area contributed by atoms with Gasteiger partial charge in [0, 0.05) is 24.8 Å². The number of carbonyl (C=O) groups is 1. The first kappa shape index (κ1) is 17.2. The van der Waals surface area contributed by atoms with Crippen LogP contribution < -0.4 is 10.2 Å². The van der Waals surface area contributed by atoms with Crippen LogP contribution in [0.5, 0.6) is 0 Å². The molecule has 2 aromatic rings. The van der Waals surface area contributed by atoms with Gasteiger partial charge in [-0.2, -0.15) is 0 Å². The molecule has 8 heteroatoms. The van der Waals surface area contributed by atoms with Crippen LogP contribution in [0.25, 0.3) is 0 Å². The van der Waals surface area contributed by atoms with Crippen LogP contribution >= 0.6 is 0 Å². The van der Waals surface area contributed by atoms with Crippen molar-refractivity contribution in [1.29, 1.82) is 0 Å². The minimum atomic E-state index is -0.898. The van der Waals surface area contributed by atoms with Gasteiger partial charge in [-0.05, 0) is 25.1 Å². The summed E-state index contributed by atoms with van der Waals surface area (Å²) in [7, 11) is 0. The van der Waals surface area contributed by atoms with Crippen molar-refractivity contribution in [3.63, 3.8) is 0 Å². The summed E-state index contributed by atoms with van der Waals surface area (Å²) in [5.41, 5.74) is 1.18. The van der Waals surface area contributed by atoms with Crippen molar-refractivity contribution in [2.24, 2.45) is 0 Å². The highest BCUT2D eigenvalue weighted by Crippen LogP contribution is 2.13. The van der Waals surface area contributed by atoms with Crippen molar-refractivity contribution in [3.05, 3.63) is 52.9 Å². The summed E-state index contributed by atoms with van der Waals surface area (Å²) in [5, 5.41) is 2.60. The lowest BCUT2D eigenvalue weighted by Crippen LogP contribution is -2.37. The third kappa shape index (κ3) is 4.27. The summed E-state index contributed by atoms with van der Waals surface area (Å²) in [6.07, 6.45) is 0. The Morgan fingerprint density at radius 3 is 2.72 bits per heavy atom. The molecule has 0 saturated carbocycles. The molecule has 6 nitrogen and oxygen atoms in total. The first-order valence-corrected chi connectivity index (χ1v) is 7.93. The average Bonchev–Trinajstić information content (AvgIpc) is 2.60. The summed E-state index contributed by atoms with van der Waals surface area (Å²) < 4.78 is 31.9. The SMILES string of the molecule is Cc1cc(CNC(=O)c2ccc(F)cc2F)nc(N2CCOCC2)n1. The van der Waals surface area contributed by atoms with Gasteiger partial charge in [-0.25, -0.2) is 18.7 Å². The van der Waals surface area contributed by atoms with E-state index in [0.29, 0.717) is 44.0 Å². The van der Waals surface area contributed by atoms with Gasteiger partial charge in [0.15, 0.2) is 0 Å². The number of hydrogen-bond acceptors (Lipinski definition) is 5. The highest BCUT2D eigenvalue weighted by Gasteiger charge is 2.16. The molecule has 1 aromatic carbocycles. The van der Waals surface area contributed by atoms with Crippen LogP contribution in [0.2, 0.25) is 0 Å². The highest BCUT2D eigenvalue weighted by atomic mass is 19.1. The van der Waals surface area contributed by atoms with E-state index in [1.807, 2.05) is 11.8 Å². The van der Waals surface area contributed by atoms with Crippen molar-refractivity contribution in [3.8, 4) is 0 Å². The van der Waals surface area contributed by atoms with Gasteiger partial charge in [-0.3, -0.25) is 4.79 Å². The number of carbonyl (C=O) groups excluding carboxylic acids is 1. The molecule has 1 saturated heterocycles. The number of nitrogens with one attached hydrogen (secondary N) is 1. The predicted molar refractivity (Wildman–Crippen MR) is 87.3 cm³/mol. The van der Waals surface area contributed by atoms with Crippen molar-refractivity contribution < 1.29 is 18.3 Å². The molecule has 1 fully saturated rings. The normalized spacial score (nSPS) is 14.4. The lowest BCUT2D eigenvalue weighted by molar-refractivity contribution is 0.0946. The number of aromatic nitrogens is 2. The number of rotatable bonds is 4. The third-order valence-corrected chi connectivity index (χ3v) is 3.80. The minimum Gasteiger partial charge on any atom is -0.378 e. The van der Waals surface area contributed by atoms with Gasteiger partial charge in [0.05, 0.1) is 31.0 Å². The number of hydrogen-bond donors (Lipinski definition) is 1. The van der Waals surface area contributed by atoms with E-state index in [0.717, 1.165) is 17.8 Å². The van der Waals surface area contributed by atoms with Crippen molar-refractivity contribution in [1.82, 2.24) is 15.3 Å². The molecule has 0 radical (unpaired) electrons. The number of anilines is 1. The Morgan fingerprint density at radius 2 is 2.00 bits per heavy atom. The zero-order valence-corrected chi connectivity index (χ0v) is 13.8. The molecule has 0 unspecified atom stereocenters. The van der Waals surface area contributed by atoms with Crippen LogP contribution in [0.15, 0.2) is 24.3 Å². The molecule has 0 aliphatic carbocycles. The monoisotopic (exact) mass is 348 g/mol. The van der Waals surface area contributed by atoms with E-state index in [9.17, 15) is 13.6 Å². The second-order valence-electron chi connectivity index (χ2n) is 5.71. The Hall–Kier alpha value is -2.61. The molecular weight excluding hydrogens is 330 g/mol. The lowest BCUT2D eigenvalue weighted by atomic mass is 10.2. The predicted octanol–water partition coefficient (Wildman–Crippen LogP) is 1.83. The Morgan fingerprint density at radius 1 is 1.24 bits per heavy atom. The summed E-state index contributed by atoms with van der Waals surface area (Å²) in [6.45, 7) is 4.61.